The van der Waals surface area contributed by atoms with E-state index in [2.05, 4.69) is 20.3 Å². The van der Waals surface area contributed by atoms with E-state index in [1.807, 2.05) is 4.90 Å². The number of pyridine rings is 1. The molecule has 0 saturated heterocycles. The summed E-state index contributed by atoms with van der Waals surface area (Å²) >= 11 is 0. The second-order valence-corrected chi connectivity index (χ2v) is 7.70. The topological polar surface area (TPSA) is 146 Å². The van der Waals surface area contributed by atoms with E-state index in [0.29, 0.717) is 24.7 Å². The Bertz CT molecular complexity index is 1070. The van der Waals surface area contributed by atoms with Crippen LogP contribution in [0, 0.1) is 0 Å². The number of nitrogens with one attached hydrogen (secondary N) is 1. The van der Waals surface area contributed by atoms with Gasteiger partial charge >= 0.3 is 24.3 Å². The molecule has 0 spiro atoms. The number of aromatic nitrogens is 3. The second-order valence-electron chi connectivity index (χ2n) is 7.70. The van der Waals surface area contributed by atoms with Crippen molar-refractivity contribution in [1.29, 1.82) is 0 Å². The molecular weight excluding hydrogens is 516 g/mol. The Hall–Kier alpha value is -3.98. The molecule has 202 valence electrons. The maximum Gasteiger partial charge on any atom is 0.490 e. The fraction of sp³-hybridized carbons (Fsp3) is 0.429. The molecule has 3 N–H and O–H groups in total. The molecule has 2 aromatic rings. The van der Waals surface area contributed by atoms with Crippen molar-refractivity contribution in [2.24, 2.45) is 0 Å². The molecular formula is C21H21F6N5O5. The number of carboxylic acids is 2. The molecule has 0 aromatic carbocycles. The van der Waals surface area contributed by atoms with Crippen molar-refractivity contribution >= 4 is 23.7 Å². The van der Waals surface area contributed by atoms with E-state index in [9.17, 15) is 31.1 Å². The average molecular weight is 537 g/mol. The number of carbonyl (C=O) groups excluding carboxylic acids is 1. The Morgan fingerprint density at radius 3 is 1.89 bits per heavy atom. The highest BCUT2D eigenvalue weighted by atomic mass is 19.4. The Kier molecular flexibility index (Phi) is 9.74. The van der Waals surface area contributed by atoms with Gasteiger partial charge in [-0.1, -0.05) is 0 Å². The van der Waals surface area contributed by atoms with E-state index in [4.69, 9.17) is 19.8 Å². The lowest BCUT2D eigenvalue weighted by atomic mass is 10.1. The number of rotatable bonds is 3. The van der Waals surface area contributed by atoms with E-state index in [0.717, 1.165) is 24.4 Å². The number of hydrogen-bond acceptors (Lipinski definition) is 7. The fourth-order valence-electron chi connectivity index (χ4n) is 2.95. The van der Waals surface area contributed by atoms with E-state index >= 15 is 0 Å². The first-order chi connectivity index (χ1) is 17.2. The first-order valence-electron chi connectivity index (χ1n) is 10.6. The van der Waals surface area contributed by atoms with E-state index in [1.54, 1.807) is 30.9 Å². The first kappa shape index (κ1) is 29.3. The summed E-state index contributed by atoms with van der Waals surface area (Å²) < 4.78 is 63.5. The highest BCUT2D eigenvalue weighted by molar-refractivity contribution is 5.94. The van der Waals surface area contributed by atoms with Gasteiger partial charge in [-0.3, -0.25) is 9.78 Å². The zero-order valence-electron chi connectivity index (χ0n) is 18.9. The summed E-state index contributed by atoms with van der Waals surface area (Å²) in [6.07, 6.45) is -1.23. The number of amides is 1. The molecule has 0 atom stereocenters. The highest BCUT2D eigenvalue weighted by Crippen LogP contribution is 2.28. The molecule has 37 heavy (non-hydrogen) atoms. The van der Waals surface area contributed by atoms with Gasteiger partial charge in [-0.05, 0) is 31.4 Å². The number of fused-ring (bicyclic) bond motifs is 1. The maximum absolute atomic E-state index is 12.6. The Balaban J connectivity index is 0.000000286. The molecule has 16 heteroatoms. The zero-order valence-corrected chi connectivity index (χ0v) is 18.9. The quantitative estimate of drug-likeness (QED) is 0.503. The molecule has 1 amide bonds. The lowest BCUT2D eigenvalue weighted by Gasteiger charge is -2.20. The Morgan fingerprint density at radius 1 is 0.892 bits per heavy atom. The molecule has 2 aromatic heterocycles. The summed E-state index contributed by atoms with van der Waals surface area (Å²) in [5.74, 6) is -4.50. The van der Waals surface area contributed by atoms with Crippen LogP contribution in [-0.4, -0.2) is 79.4 Å². The van der Waals surface area contributed by atoms with Crippen molar-refractivity contribution in [1.82, 2.24) is 19.9 Å². The van der Waals surface area contributed by atoms with Gasteiger partial charge in [0.05, 0.1) is 5.69 Å². The van der Waals surface area contributed by atoms with Crippen LogP contribution in [0.1, 0.15) is 34.5 Å². The molecule has 1 fully saturated rings. The van der Waals surface area contributed by atoms with Gasteiger partial charge < -0.3 is 20.4 Å². The molecule has 1 aliphatic heterocycles. The molecule has 0 radical (unpaired) electrons. The van der Waals surface area contributed by atoms with Crippen LogP contribution in [0.4, 0.5) is 32.2 Å². The molecule has 2 aliphatic rings. The summed E-state index contributed by atoms with van der Waals surface area (Å²) in [6, 6.07) is 4.09. The predicted molar refractivity (Wildman–Crippen MR) is 114 cm³/mol. The molecule has 0 bridgehead atoms. The van der Waals surface area contributed by atoms with Gasteiger partial charge in [-0.25, -0.2) is 19.6 Å². The van der Waals surface area contributed by atoms with Gasteiger partial charge in [0.25, 0.3) is 5.91 Å². The monoisotopic (exact) mass is 537 g/mol. The van der Waals surface area contributed by atoms with Crippen LogP contribution in [0.3, 0.4) is 0 Å². The van der Waals surface area contributed by atoms with Crippen LogP contribution in [0.5, 0.6) is 0 Å². The van der Waals surface area contributed by atoms with Crippen molar-refractivity contribution in [2.45, 2.75) is 44.1 Å². The van der Waals surface area contributed by atoms with Crippen molar-refractivity contribution in [2.75, 3.05) is 18.4 Å². The number of aliphatic carboxylic acids is 2. The SMILES string of the molecule is O=C(O)C(F)(F)F.O=C(O)C(F)(F)F.O=C(c1ccncc1)N1CCc2ncnc(NC3CC3)c2CC1. The minimum atomic E-state index is -5.08. The number of carboxylic acid groups (broad SMARTS) is 2. The van der Waals surface area contributed by atoms with Crippen LogP contribution >= 0.6 is 0 Å². The van der Waals surface area contributed by atoms with Crippen molar-refractivity contribution in [3.05, 3.63) is 47.7 Å². The van der Waals surface area contributed by atoms with Gasteiger partial charge in [-0.15, -0.1) is 0 Å². The number of alkyl halides is 6. The molecule has 0 unspecified atom stereocenters. The van der Waals surface area contributed by atoms with Gasteiger partial charge in [-0.2, -0.15) is 26.3 Å². The summed E-state index contributed by atoms with van der Waals surface area (Å²) in [4.78, 5) is 45.1. The largest absolute Gasteiger partial charge is 0.490 e. The second kappa shape index (κ2) is 12.3. The van der Waals surface area contributed by atoms with Crippen LogP contribution in [0.15, 0.2) is 30.9 Å². The molecule has 1 aliphatic carbocycles. The number of anilines is 1. The third kappa shape index (κ3) is 9.53. The summed E-state index contributed by atoms with van der Waals surface area (Å²) in [5.41, 5.74) is 2.92. The highest BCUT2D eigenvalue weighted by Gasteiger charge is 2.38. The van der Waals surface area contributed by atoms with Crippen LogP contribution in [0.25, 0.3) is 0 Å². The third-order valence-electron chi connectivity index (χ3n) is 4.90. The van der Waals surface area contributed by atoms with Crippen LogP contribution in [-0.2, 0) is 22.4 Å². The fourth-order valence-corrected chi connectivity index (χ4v) is 2.95. The lowest BCUT2D eigenvalue weighted by molar-refractivity contribution is -0.193. The van der Waals surface area contributed by atoms with Gasteiger partial charge in [0.2, 0.25) is 0 Å². The third-order valence-corrected chi connectivity index (χ3v) is 4.90. The van der Waals surface area contributed by atoms with Crippen molar-refractivity contribution in [3.63, 3.8) is 0 Å². The number of nitrogens with zero attached hydrogens (tertiary/aromatic N) is 4. The van der Waals surface area contributed by atoms with Gasteiger partial charge in [0.15, 0.2) is 0 Å². The number of hydrogen-bond donors (Lipinski definition) is 3. The molecule has 4 rings (SSSR count). The van der Waals surface area contributed by atoms with E-state index in [-0.39, 0.29) is 5.91 Å². The Labute approximate surface area is 205 Å². The van der Waals surface area contributed by atoms with Gasteiger partial charge in [0, 0.05) is 49.1 Å². The number of halogens is 6. The lowest BCUT2D eigenvalue weighted by Crippen LogP contribution is -2.33. The summed E-state index contributed by atoms with van der Waals surface area (Å²) in [5, 5.41) is 17.7. The smallest absolute Gasteiger partial charge is 0.475 e. The van der Waals surface area contributed by atoms with Crippen LogP contribution in [0.2, 0.25) is 0 Å². The summed E-state index contributed by atoms with van der Waals surface area (Å²) in [7, 11) is 0. The van der Waals surface area contributed by atoms with Crippen molar-refractivity contribution in [3.8, 4) is 0 Å². The number of carbonyl (C=O) groups is 3. The molecule has 3 heterocycles. The Morgan fingerprint density at radius 2 is 1.41 bits per heavy atom. The molecule has 10 nitrogen and oxygen atoms in total. The standard InChI is InChI=1S/C17H19N5O.2C2HF3O2/c23-17(12-3-7-18-8-4-12)22-9-5-14-15(6-10-22)19-11-20-16(14)21-13-1-2-13;2*3-2(4,5)1(6)7/h3-4,7-8,11,13H,1-2,5-6,9-10H2,(H,19,20,21);2*(H,6,7). The maximum atomic E-state index is 12.6. The van der Waals surface area contributed by atoms with Gasteiger partial charge in [0.1, 0.15) is 12.1 Å². The minimum Gasteiger partial charge on any atom is -0.475 e. The first-order valence-corrected chi connectivity index (χ1v) is 10.6. The zero-order chi connectivity index (χ0) is 27.8. The normalized spacial score (nSPS) is 15.0. The minimum absolute atomic E-state index is 0.0601. The average Bonchev–Trinajstić information content (AvgIpc) is 3.65. The van der Waals surface area contributed by atoms with E-state index < -0.39 is 24.3 Å². The predicted octanol–water partition coefficient (Wildman–Crippen LogP) is 2.95. The summed E-state index contributed by atoms with van der Waals surface area (Å²) in [6.45, 7) is 1.38. The van der Waals surface area contributed by atoms with E-state index in [1.165, 1.54) is 18.4 Å². The van der Waals surface area contributed by atoms with Crippen molar-refractivity contribution < 1.29 is 50.9 Å². The molecule has 1 saturated carbocycles. The van der Waals surface area contributed by atoms with Crippen LogP contribution < -0.4 is 5.32 Å².